The van der Waals surface area contributed by atoms with Gasteiger partial charge in [-0.25, -0.2) is 5.06 Å². The zero-order chi connectivity index (χ0) is 17.1. The van der Waals surface area contributed by atoms with Crippen LogP contribution in [0.1, 0.15) is 19.3 Å². The number of halogens is 2. The van der Waals surface area contributed by atoms with E-state index in [1.54, 1.807) is 18.4 Å². The maximum Gasteiger partial charge on any atom is 0.152 e. The summed E-state index contributed by atoms with van der Waals surface area (Å²) in [5, 5.41) is 1.61. The molecule has 2 aliphatic carbocycles. The predicted molar refractivity (Wildman–Crippen MR) is 93.7 cm³/mol. The number of rotatable bonds is 2. The van der Waals surface area contributed by atoms with Gasteiger partial charge in [-0.3, -0.25) is 9.63 Å². The molecule has 7 heteroatoms. The van der Waals surface area contributed by atoms with E-state index in [1.807, 2.05) is 12.2 Å². The monoisotopic (exact) mass is 455 g/mol. The third-order valence-corrected chi connectivity index (χ3v) is 6.60. The molecule has 0 amide bonds. The first-order valence-electron chi connectivity index (χ1n) is 7.67. The normalized spacial score (nSPS) is 34.5. The number of allylic oxidation sites excluding steroid dienone is 4. The Labute approximate surface area is 156 Å². The molecule has 0 N–H and O–H groups in total. The van der Waals surface area contributed by atoms with E-state index >= 15 is 0 Å². The van der Waals surface area contributed by atoms with Crippen molar-refractivity contribution in [1.29, 1.82) is 0 Å². The minimum Gasteiger partial charge on any atom is -0.465 e. The Kier molecular flexibility index (Phi) is 3.85. The minimum atomic E-state index is -0.605. The fraction of sp³-hybridized carbons (Fsp3) is 0.412. The second-order valence-electron chi connectivity index (χ2n) is 6.35. The van der Waals surface area contributed by atoms with Crippen LogP contribution in [0.15, 0.2) is 45.6 Å². The lowest BCUT2D eigenvalue weighted by Gasteiger charge is -2.33. The first kappa shape index (κ1) is 16.3. The number of hydrogen-bond donors (Lipinski definition) is 0. The summed E-state index contributed by atoms with van der Waals surface area (Å²) in [6.07, 6.45) is 8.06. The molecule has 0 saturated carbocycles. The van der Waals surface area contributed by atoms with E-state index in [9.17, 15) is 9.59 Å². The van der Waals surface area contributed by atoms with Crippen LogP contribution in [0, 0.1) is 11.3 Å². The van der Waals surface area contributed by atoms with Crippen molar-refractivity contribution in [1.82, 2.24) is 5.06 Å². The Morgan fingerprint density at radius 3 is 2.96 bits per heavy atom. The summed E-state index contributed by atoms with van der Waals surface area (Å²) in [5.41, 5.74) is 1.36. The van der Waals surface area contributed by atoms with Gasteiger partial charge in [-0.1, -0.05) is 15.9 Å². The Morgan fingerprint density at radius 2 is 2.25 bits per heavy atom. The molecule has 3 atom stereocenters. The van der Waals surface area contributed by atoms with Crippen molar-refractivity contribution in [2.45, 2.75) is 24.1 Å². The van der Waals surface area contributed by atoms with Crippen molar-refractivity contribution in [3.8, 4) is 0 Å². The molecule has 0 aromatic rings. The van der Waals surface area contributed by atoms with Gasteiger partial charge in [0.05, 0.1) is 17.4 Å². The summed E-state index contributed by atoms with van der Waals surface area (Å²) in [6.45, 7) is 0. The number of ether oxygens (including phenoxy) is 1. The standard InChI is InChI=1S/C17H15Br2NO4/c1-23-20-3-2-17-7-12(22)11(18)6-14(17)24-13-5-9(8-21)4-10(15(13)17)16(20)19/h2-3,6,8-9,11H,4-5,7H2,1H3/t9-,11+,17-/m0/s1. The lowest BCUT2D eigenvalue weighted by atomic mass is 9.67. The quantitative estimate of drug-likeness (QED) is 0.361. The summed E-state index contributed by atoms with van der Waals surface area (Å²) >= 11 is 6.99. The van der Waals surface area contributed by atoms with Crippen LogP contribution < -0.4 is 0 Å². The number of carbonyl (C=O) groups is 2. The van der Waals surface area contributed by atoms with Gasteiger partial charge >= 0.3 is 0 Å². The lowest BCUT2D eigenvalue weighted by molar-refractivity contribution is -0.119. The highest BCUT2D eigenvalue weighted by Gasteiger charge is 2.54. The summed E-state index contributed by atoms with van der Waals surface area (Å²) in [6, 6.07) is 0. The SMILES string of the molecule is CON1C=C[C@]23CC(=O)[C@H](Br)C=C2OC2=C3C(=C1Br)C[C@H](C=O)C2. The fourth-order valence-electron chi connectivity index (χ4n) is 3.90. The Morgan fingerprint density at radius 1 is 1.46 bits per heavy atom. The molecule has 2 aliphatic heterocycles. The van der Waals surface area contributed by atoms with E-state index in [-0.39, 0.29) is 16.5 Å². The minimum absolute atomic E-state index is 0.111. The first-order valence-corrected chi connectivity index (χ1v) is 9.38. The van der Waals surface area contributed by atoms with Crippen LogP contribution >= 0.6 is 31.9 Å². The van der Waals surface area contributed by atoms with Crippen LogP contribution in [0.25, 0.3) is 0 Å². The van der Waals surface area contributed by atoms with Gasteiger partial charge in [0.1, 0.15) is 22.4 Å². The summed E-state index contributed by atoms with van der Waals surface area (Å²) in [5.74, 6) is 1.51. The summed E-state index contributed by atoms with van der Waals surface area (Å²) < 4.78 is 6.88. The average molecular weight is 457 g/mol. The summed E-state index contributed by atoms with van der Waals surface area (Å²) in [4.78, 5) is 28.9. The number of Topliss-reactive ketones (excluding diaryl/α,β-unsaturated/α-hetero) is 1. The topological polar surface area (TPSA) is 55.8 Å². The largest absolute Gasteiger partial charge is 0.465 e. The molecule has 24 heavy (non-hydrogen) atoms. The Bertz CT molecular complexity index is 767. The summed E-state index contributed by atoms with van der Waals surface area (Å²) in [7, 11) is 1.58. The van der Waals surface area contributed by atoms with Crippen molar-refractivity contribution in [2.75, 3.05) is 7.11 Å². The van der Waals surface area contributed by atoms with Gasteiger partial charge < -0.3 is 9.53 Å². The number of hydroxylamine groups is 2. The molecule has 0 aromatic heterocycles. The van der Waals surface area contributed by atoms with Crippen molar-refractivity contribution in [3.05, 3.63) is 45.6 Å². The molecule has 1 spiro atoms. The molecule has 0 radical (unpaired) electrons. The Balaban J connectivity index is 1.97. The third kappa shape index (κ3) is 2.14. The molecular formula is C17H15Br2NO4. The van der Waals surface area contributed by atoms with Crippen LogP contribution in [-0.4, -0.2) is 29.1 Å². The predicted octanol–water partition coefficient (Wildman–Crippen LogP) is 3.48. The number of carbonyl (C=O) groups excluding carboxylic acids is 2. The maximum absolute atomic E-state index is 12.4. The van der Waals surface area contributed by atoms with E-state index in [1.165, 1.54) is 0 Å². The van der Waals surface area contributed by atoms with E-state index in [4.69, 9.17) is 9.57 Å². The highest BCUT2D eigenvalue weighted by atomic mass is 79.9. The number of nitrogens with zero attached hydrogens (tertiary/aromatic N) is 1. The van der Waals surface area contributed by atoms with Gasteiger partial charge in [-0.05, 0) is 40.1 Å². The van der Waals surface area contributed by atoms with E-state index in [0.717, 1.165) is 33.6 Å². The van der Waals surface area contributed by atoms with Crippen molar-refractivity contribution in [3.63, 3.8) is 0 Å². The van der Waals surface area contributed by atoms with Crippen LogP contribution in [0.2, 0.25) is 0 Å². The van der Waals surface area contributed by atoms with Gasteiger partial charge in [0, 0.05) is 30.5 Å². The third-order valence-electron chi connectivity index (χ3n) is 5.00. The molecule has 5 nitrogen and oxygen atoms in total. The van der Waals surface area contributed by atoms with Crippen molar-refractivity contribution < 1.29 is 19.2 Å². The van der Waals surface area contributed by atoms with Gasteiger partial charge in [-0.2, -0.15) is 0 Å². The van der Waals surface area contributed by atoms with Crippen molar-refractivity contribution >= 4 is 43.9 Å². The van der Waals surface area contributed by atoms with Gasteiger partial charge in [0.2, 0.25) is 0 Å². The molecule has 0 bridgehead atoms. The second-order valence-corrected chi connectivity index (χ2v) is 8.08. The maximum atomic E-state index is 12.4. The molecule has 4 rings (SSSR count). The first-order chi connectivity index (χ1) is 11.5. The number of aldehydes is 1. The second kappa shape index (κ2) is 5.68. The van der Waals surface area contributed by atoms with Gasteiger partial charge in [-0.15, -0.1) is 0 Å². The highest BCUT2D eigenvalue weighted by molar-refractivity contribution is 9.11. The van der Waals surface area contributed by atoms with Crippen LogP contribution in [0.5, 0.6) is 0 Å². The van der Waals surface area contributed by atoms with Crippen LogP contribution in [0.3, 0.4) is 0 Å². The molecule has 2 heterocycles. The number of ketones is 1. The average Bonchev–Trinajstić information content (AvgIpc) is 2.81. The van der Waals surface area contributed by atoms with E-state index in [0.29, 0.717) is 19.3 Å². The van der Waals surface area contributed by atoms with Crippen LogP contribution in [0.4, 0.5) is 0 Å². The molecule has 0 aromatic carbocycles. The Hall–Kier alpha value is -1.18. The molecule has 0 fully saturated rings. The van der Waals surface area contributed by atoms with Gasteiger partial charge in [0.25, 0.3) is 0 Å². The molecule has 0 saturated heterocycles. The zero-order valence-corrected chi connectivity index (χ0v) is 16.1. The van der Waals surface area contributed by atoms with E-state index < -0.39 is 5.41 Å². The lowest BCUT2D eigenvalue weighted by Crippen LogP contribution is -2.33. The highest BCUT2D eigenvalue weighted by Crippen LogP contribution is 2.60. The number of hydrogen-bond acceptors (Lipinski definition) is 5. The molecule has 4 aliphatic rings. The molecule has 0 unspecified atom stereocenters. The van der Waals surface area contributed by atoms with Crippen molar-refractivity contribution in [2.24, 2.45) is 11.3 Å². The van der Waals surface area contributed by atoms with E-state index in [2.05, 4.69) is 31.9 Å². The zero-order valence-electron chi connectivity index (χ0n) is 12.9. The van der Waals surface area contributed by atoms with Crippen LogP contribution in [-0.2, 0) is 19.2 Å². The number of alkyl halides is 1. The fourth-order valence-corrected chi connectivity index (χ4v) is 4.93. The molecular weight excluding hydrogens is 442 g/mol. The van der Waals surface area contributed by atoms with Gasteiger partial charge in [0.15, 0.2) is 5.78 Å². The smallest absolute Gasteiger partial charge is 0.152 e. The molecule has 126 valence electrons.